The third kappa shape index (κ3) is 5.27. The first-order chi connectivity index (χ1) is 16.0. The van der Waals surface area contributed by atoms with Crippen molar-refractivity contribution in [1.29, 1.82) is 0 Å². The van der Waals surface area contributed by atoms with E-state index in [1.807, 2.05) is 38.9 Å². The zero-order chi connectivity index (χ0) is 25.2. The van der Waals surface area contributed by atoms with Crippen LogP contribution >= 0.6 is 0 Å². The molecule has 0 radical (unpaired) electrons. The van der Waals surface area contributed by atoms with Crippen molar-refractivity contribution in [3.05, 3.63) is 35.2 Å². The van der Waals surface area contributed by atoms with Gasteiger partial charge in [-0.1, -0.05) is 12.1 Å². The van der Waals surface area contributed by atoms with Crippen LogP contribution in [0.15, 0.2) is 22.7 Å². The number of nitrogens with one attached hydrogen (secondary N) is 1. The van der Waals surface area contributed by atoms with Crippen LogP contribution in [0.3, 0.4) is 0 Å². The van der Waals surface area contributed by atoms with Gasteiger partial charge in [-0.05, 0) is 39.0 Å². The predicted octanol–water partition coefficient (Wildman–Crippen LogP) is 2.74. The highest BCUT2D eigenvalue weighted by Gasteiger charge is 2.34. The van der Waals surface area contributed by atoms with Crippen molar-refractivity contribution in [3.8, 4) is 5.75 Å². The van der Waals surface area contributed by atoms with Crippen LogP contribution in [0.25, 0.3) is 0 Å². The molecule has 2 heterocycles. The van der Waals surface area contributed by atoms with Crippen LogP contribution in [-0.2, 0) is 0 Å². The molecule has 0 unspecified atom stereocenters. The number of benzene rings is 1. The zero-order valence-electron chi connectivity index (χ0n) is 21.0. The van der Waals surface area contributed by atoms with Gasteiger partial charge >= 0.3 is 6.03 Å². The van der Waals surface area contributed by atoms with Crippen molar-refractivity contribution in [2.45, 2.75) is 39.8 Å². The fourth-order valence-corrected chi connectivity index (χ4v) is 3.92. The second-order valence-corrected chi connectivity index (χ2v) is 9.21. The summed E-state index contributed by atoms with van der Waals surface area (Å²) in [5.41, 5.74) is 2.46. The summed E-state index contributed by atoms with van der Waals surface area (Å²) in [4.78, 5) is 31.4. The molecule has 3 atom stereocenters. The molecule has 186 valence electrons. The van der Waals surface area contributed by atoms with E-state index >= 15 is 0 Å². The topological polar surface area (TPSA) is 111 Å². The molecule has 0 saturated heterocycles. The lowest BCUT2D eigenvalue weighted by Crippen LogP contribution is -2.50. The molecule has 0 fully saturated rings. The smallest absolute Gasteiger partial charge is 0.321 e. The minimum absolute atomic E-state index is 0.103. The number of rotatable bonds is 6. The standard InChI is InChI=1S/C24H35N5O5/c1-14-11-29(15(2)13-30)23(31)19-10-18(27(5)6)8-9-20(19)33-21(14)12-28(7)24(32)25-22-16(3)26-34-17(22)4/h8-10,14-15,21,30H,11-13H2,1-7H3,(H,25,32)/t14-,15-,21+/m1/s1. The lowest BCUT2D eigenvalue weighted by molar-refractivity contribution is 0.0371. The number of hydrogen-bond acceptors (Lipinski definition) is 7. The predicted molar refractivity (Wildman–Crippen MR) is 130 cm³/mol. The molecule has 0 bridgehead atoms. The van der Waals surface area contributed by atoms with Gasteiger partial charge in [0.1, 0.15) is 23.2 Å². The Morgan fingerprint density at radius 3 is 2.62 bits per heavy atom. The second-order valence-electron chi connectivity index (χ2n) is 9.21. The number of carbonyl (C=O) groups is 2. The van der Waals surface area contributed by atoms with Gasteiger partial charge in [0, 0.05) is 39.3 Å². The molecule has 10 heteroatoms. The summed E-state index contributed by atoms with van der Waals surface area (Å²) in [5, 5.41) is 16.5. The van der Waals surface area contributed by atoms with Crippen LogP contribution < -0.4 is 15.0 Å². The Hall–Kier alpha value is -3.27. The fraction of sp³-hybridized carbons (Fsp3) is 0.542. The van der Waals surface area contributed by atoms with Crippen LogP contribution in [-0.4, -0.2) is 85.0 Å². The number of fused-ring (bicyclic) bond motifs is 1. The van der Waals surface area contributed by atoms with Crippen LogP contribution in [0.2, 0.25) is 0 Å². The van der Waals surface area contributed by atoms with Gasteiger partial charge in [-0.15, -0.1) is 0 Å². The van der Waals surface area contributed by atoms with Gasteiger partial charge in [0.15, 0.2) is 5.76 Å². The lowest BCUT2D eigenvalue weighted by Gasteiger charge is -2.38. The number of aliphatic hydroxyl groups excluding tert-OH is 1. The Balaban J connectivity index is 1.88. The number of amides is 3. The maximum atomic E-state index is 13.4. The summed E-state index contributed by atoms with van der Waals surface area (Å²) in [6.45, 7) is 7.83. The van der Waals surface area contributed by atoms with Crippen LogP contribution in [0.1, 0.15) is 35.7 Å². The highest BCUT2D eigenvalue weighted by molar-refractivity contribution is 5.98. The maximum absolute atomic E-state index is 13.4. The summed E-state index contributed by atoms with van der Waals surface area (Å²) >= 11 is 0. The van der Waals surface area contributed by atoms with E-state index in [1.165, 1.54) is 0 Å². The first-order valence-electron chi connectivity index (χ1n) is 11.4. The molecule has 1 aromatic heterocycles. The molecule has 1 aliphatic heterocycles. The van der Waals surface area contributed by atoms with Crippen molar-refractivity contribution in [2.24, 2.45) is 5.92 Å². The normalized spacial score (nSPS) is 18.9. The van der Waals surface area contributed by atoms with E-state index in [2.05, 4.69) is 10.5 Å². The summed E-state index contributed by atoms with van der Waals surface area (Å²) in [5.74, 6) is 0.707. The lowest BCUT2D eigenvalue weighted by atomic mass is 9.99. The molecular weight excluding hydrogens is 438 g/mol. The van der Waals surface area contributed by atoms with Crippen LogP contribution in [0.5, 0.6) is 5.75 Å². The molecule has 1 aliphatic rings. The summed E-state index contributed by atoms with van der Waals surface area (Å²) < 4.78 is 11.5. The van der Waals surface area contributed by atoms with E-state index in [-0.39, 0.29) is 36.6 Å². The van der Waals surface area contributed by atoms with Crippen molar-refractivity contribution >= 4 is 23.3 Å². The average Bonchev–Trinajstić information content (AvgIpc) is 3.12. The minimum atomic E-state index is -0.383. The molecule has 10 nitrogen and oxygen atoms in total. The first-order valence-corrected chi connectivity index (χ1v) is 11.4. The highest BCUT2D eigenvalue weighted by Crippen LogP contribution is 2.31. The largest absolute Gasteiger partial charge is 0.487 e. The molecule has 3 rings (SSSR count). The van der Waals surface area contributed by atoms with Crippen molar-refractivity contribution in [1.82, 2.24) is 15.0 Å². The van der Waals surface area contributed by atoms with E-state index in [0.29, 0.717) is 41.5 Å². The molecular formula is C24H35N5O5. The van der Waals surface area contributed by atoms with Gasteiger partial charge in [0.25, 0.3) is 5.91 Å². The third-order valence-electron chi connectivity index (χ3n) is 6.23. The average molecular weight is 474 g/mol. The Kier molecular flexibility index (Phi) is 7.71. The van der Waals surface area contributed by atoms with Gasteiger partial charge in [-0.3, -0.25) is 4.79 Å². The zero-order valence-corrected chi connectivity index (χ0v) is 21.0. The molecule has 34 heavy (non-hydrogen) atoms. The second kappa shape index (κ2) is 10.3. The number of ether oxygens (including phenoxy) is 1. The Bertz CT molecular complexity index is 1020. The Labute approximate surface area is 200 Å². The van der Waals surface area contributed by atoms with E-state index in [4.69, 9.17) is 9.26 Å². The molecule has 0 saturated carbocycles. The monoisotopic (exact) mass is 473 g/mol. The third-order valence-corrected chi connectivity index (χ3v) is 6.23. The van der Waals surface area contributed by atoms with Crippen molar-refractivity contribution < 1.29 is 24.0 Å². The number of aliphatic hydroxyl groups is 1. The van der Waals surface area contributed by atoms with E-state index in [0.717, 1.165) is 5.69 Å². The van der Waals surface area contributed by atoms with Gasteiger partial charge in [0.2, 0.25) is 0 Å². The Morgan fingerprint density at radius 1 is 1.32 bits per heavy atom. The summed E-state index contributed by atoms with van der Waals surface area (Å²) in [7, 11) is 5.50. The number of urea groups is 1. The number of likely N-dealkylation sites (N-methyl/N-ethyl adjacent to an activating group) is 1. The van der Waals surface area contributed by atoms with Crippen molar-refractivity contribution in [3.63, 3.8) is 0 Å². The molecule has 2 aromatic rings. The number of hydrogen-bond donors (Lipinski definition) is 2. The number of aromatic nitrogens is 1. The number of carbonyl (C=O) groups excluding carboxylic acids is 2. The maximum Gasteiger partial charge on any atom is 0.321 e. The molecule has 0 aliphatic carbocycles. The minimum Gasteiger partial charge on any atom is -0.487 e. The molecule has 0 spiro atoms. The van der Waals surface area contributed by atoms with E-state index in [9.17, 15) is 14.7 Å². The van der Waals surface area contributed by atoms with Crippen molar-refractivity contribution in [2.75, 3.05) is 51.1 Å². The Morgan fingerprint density at radius 2 is 2.03 bits per heavy atom. The first kappa shape index (κ1) is 25.4. The van der Waals surface area contributed by atoms with Gasteiger partial charge in [-0.2, -0.15) is 0 Å². The van der Waals surface area contributed by atoms with Gasteiger partial charge in [0.05, 0.1) is 24.8 Å². The fourth-order valence-electron chi connectivity index (χ4n) is 3.92. The molecule has 3 amide bonds. The van der Waals surface area contributed by atoms with Gasteiger partial charge in [-0.25, -0.2) is 4.79 Å². The SMILES string of the molecule is Cc1noc(C)c1NC(=O)N(C)C[C@@H]1Oc2ccc(N(C)C)cc2C(=O)N([C@H](C)CO)C[C@H]1C. The van der Waals surface area contributed by atoms with Crippen LogP contribution in [0.4, 0.5) is 16.2 Å². The number of anilines is 2. The van der Waals surface area contributed by atoms with Gasteiger partial charge < -0.3 is 34.4 Å². The summed E-state index contributed by atoms with van der Waals surface area (Å²) in [6.07, 6.45) is -0.383. The number of nitrogens with zero attached hydrogens (tertiary/aromatic N) is 4. The van der Waals surface area contributed by atoms with Crippen LogP contribution in [0, 0.1) is 19.8 Å². The quantitative estimate of drug-likeness (QED) is 0.664. The van der Waals surface area contributed by atoms with E-state index in [1.54, 1.807) is 42.8 Å². The highest BCUT2D eigenvalue weighted by atomic mass is 16.5. The number of aryl methyl sites for hydroxylation is 2. The molecule has 1 aromatic carbocycles. The van der Waals surface area contributed by atoms with E-state index < -0.39 is 0 Å². The molecule has 2 N–H and O–H groups in total. The summed E-state index contributed by atoms with van der Waals surface area (Å²) in [6, 6.07) is 4.82.